The Hall–Kier alpha value is -2.31. The van der Waals surface area contributed by atoms with Crippen molar-refractivity contribution in [3.63, 3.8) is 0 Å². The van der Waals surface area contributed by atoms with E-state index in [9.17, 15) is 0 Å². The maximum atomic E-state index is 3.70. The van der Waals surface area contributed by atoms with Crippen LogP contribution in [0, 0.1) is 6.92 Å². The molecule has 0 amide bonds. The maximum Gasteiger partial charge on any atom is 0.309 e. The van der Waals surface area contributed by atoms with Gasteiger partial charge < -0.3 is 0 Å². The molecular weight excluding hydrogens is 194 g/mol. The van der Waals surface area contributed by atoms with Gasteiger partial charge in [0.15, 0.2) is 0 Å². The van der Waals surface area contributed by atoms with Gasteiger partial charge in [0.05, 0.1) is 5.69 Å². The van der Waals surface area contributed by atoms with Gasteiger partial charge in [0.25, 0.3) is 0 Å². The third kappa shape index (κ3) is 2.56. The van der Waals surface area contributed by atoms with Gasteiger partial charge in [-0.2, -0.15) is 5.21 Å². The SMILES string of the molecule is Cc1ccc(N/N=N/c2nn[nH]n2)cc1. The van der Waals surface area contributed by atoms with Crippen molar-refractivity contribution in [3.05, 3.63) is 29.8 Å². The highest BCUT2D eigenvalue weighted by atomic mass is 15.5. The lowest BCUT2D eigenvalue weighted by atomic mass is 10.2. The lowest BCUT2D eigenvalue weighted by molar-refractivity contribution is 0.881. The molecule has 0 aliphatic heterocycles. The molecule has 0 saturated carbocycles. The highest BCUT2D eigenvalue weighted by molar-refractivity contribution is 5.43. The monoisotopic (exact) mass is 203 g/mol. The summed E-state index contributed by atoms with van der Waals surface area (Å²) < 4.78 is 0. The number of nitrogens with one attached hydrogen (secondary N) is 2. The summed E-state index contributed by atoms with van der Waals surface area (Å²) >= 11 is 0. The van der Waals surface area contributed by atoms with E-state index in [1.165, 1.54) is 5.56 Å². The van der Waals surface area contributed by atoms with Crippen LogP contribution in [-0.4, -0.2) is 20.6 Å². The topological polar surface area (TPSA) is 91.2 Å². The first-order chi connectivity index (χ1) is 7.34. The van der Waals surface area contributed by atoms with Crippen molar-refractivity contribution in [1.82, 2.24) is 20.6 Å². The number of aryl methyl sites for hydroxylation is 1. The molecule has 0 radical (unpaired) electrons. The van der Waals surface area contributed by atoms with E-state index >= 15 is 0 Å². The molecule has 15 heavy (non-hydrogen) atoms. The number of H-pyrrole nitrogens is 1. The van der Waals surface area contributed by atoms with E-state index in [2.05, 4.69) is 36.4 Å². The Morgan fingerprint density at radius 2 is 2.07 bits per heavy atom. The summed E-state index contributed by atoms with van der Waals surface area (Å²) in [5.74, 6) is 0.189. The number of tetrazole rings is 1. The molecule has 1 aromatic carbocycles. The third-order valence-electron chi connectivity index (χ3n) is 1.70. The van der Waals surface area contributed by atoms with Crippen LogP contribution in [0.3, 0.4) is 0 Å². The fraction of sp³-hybridized carbons (Fsp3) is 0.125. The Morgan fingerprint density at radius 1 is 1.27 bits per heavy atom. The number of nitrogens with zero attached hydrogens (tertiary/aromatic N) is 5. The maximum absolute atomic E-state index is 3.70. The molecule has 0 aliphatic rings. The molecule has 0 aliphatic carbocycles. The second-order valence-electron chi connectivity index (χ2n) is 2.89. The van der Waals surface area contributed by atoms with E-state index < -0.39 is 0 Å². The van der Waals surface area contributed by atoms with Crippen LogP contribution < -0.4 is 5.43 Å². The predicted molar refractivity (Wildman–Crippen MR) is 53.5 cm³/mol. The molecule has 0 atom stereocenters. The van der Waals surface area contributed by atoms with Gasteiger partial charge in [0.1, 0.15) is 0 Å². The van der Waals surface area contributed by atoms with Gasteiger partial charge in [-0.3, -0.25) is 5.43 Å². The van der Waals surface area contributed by atoms with Gasteiger partial charge in [0.2, 0.25) is 0 Å². The zero-order valence-corrected chi connectivity index (χ0v) is 8.05. The zero-order valence-electron chi connectivity index (χ0n) is 8.05. The Balaban J connectivity index is 1.96. The van der Waals surface area contributed by atoms with Crippen LogP contribution in [0.4, 0.5) is 11.6 Å². The number of aromatic amines is 1. The molecule has 1 aromatic heterocycles. The molecule has 0 spiro atoms. The minimum atomic E-state index is 0.189. The van der Waals surface area contributed by atoms with Gasteiger partial charge in [-0.25, -0.2) is 0 Å². The molecule has 2 rings (SSSR count). The first kappa shape index (κ1) is 9.25. The average Bonchev–Trinajstić information content (AvgIpc) is 2.74. The summed E-state index contributed by atoms with van der Waals surface area (Å²) in [5, 5.41) is 20.2. The molecule has 0 unspecified atom stereocenters. The van der Waals surface area contributed by atoms with Crippen molar-refractivity contribution in [2.24, 2.45) is 10.3 Å². The Morgan fingerprint density at radius 3 is 2.73 bits per heavy atom. The molecular formula is C8H9N7. The van der Waals surface area contributed by atoms with Gasteiger partial charge in [-0.15, -0.1) is 5.10 Å². The highest BCUT2D eigenvalue weighted by Gasteiger charge is 1.92. The molecule has 7 nitrogen and oxygen atoms in total. The van der Waals surface area contributed by atoms with Crippen LogP contribution in [0.25, 0.3) is 0 Å². The van der Waals surface area contributed by atoms with E-state index in [0.717, 1.165) is 5.69 Å². The molecule has 0 bridgehead atoms. The fourth-order valence-corrected chi connectivity index (χ4v) is 0.954. The van der Waals surface area contributed by atoms with E-state index in [4.69, 9.17) is 0 Å². The molecule has 7 heteroatoms. The summed E-state index contributed by atoms with van der Waals surface area (Å²) in [6.07, 6.45) is 0. The van der Waals surface area contributed by atoms with Crippen molar-refractivity contribution in [3.8, 4) is 0 Å². The van der Waals surface area contributed by atoms with Gasteiger partial charge >= 0.3 is 5.95 Å². The summed E-state index contributed by atoms with van der Waals surface area (Å²) in [6.45, 7) is 2.02. The van der Waals surface area contributed by atoms with E-state index in [-0.39, 0.29) is 5.95 Å². The standard InChI is InChI=1S/C8H9N7/c1-6-2-4-7(5-3-6)9-13-10-8-11-14-15-12-8/h2-5H,1H3,(H2,9,10,11,12,14,15). The summed E-state index contributed by atoms with van der Waals surface area (Å²) in [6, 6.07) is 7.77. The predicted octanol–water partition coefficient (Wildman–Crippen LogP) is 1.62. The number of anilines is 1. The van der Waals surface area contributed by atoms with Crippen LogP contribution in [0.2, 0.25) is 0 Å². The van der Waals surface area contributed by atoms with Crippen molar-refractivity contribution in [1.29, 1.82) is 0 Å². The summed E-state index contributed by atoms with van der Waals surface area (Å²) in [7, 11) is 0. The van der Waals surface area contributed by atoms with E-state index in [1.54, 1.807) is 0 Å². The molecule has 2 N–H and O–H groups in total. The number of rotatable bonds is 3. The van der Waals surface area contributed by atoms with Crippen molar-refractivity contribution in [2.45, 2.75) is 6.92 Å². The number of hydrogen-bond acceptors (Lipinski definition) is 5. The van der Waals surface area contributed by atoms with E-state index in [1.807, 2.05) is 31.2 Å². The average molecular weight is 203 g/mol. The Kier molecular flexibility index (Phi) is 2.63. The van der Waals surface area contributed by atoms with Crippen molar-refractivity contribution < 1.29 is 0 Å². The second-order valence-corrected chi connectivity index (χ2v) is 2.89. The summed E-state index contributed by atoms with van der Waals surface area (Å²) in [5.41, 5.74) is 4.79. The largest absolute Gasteiger partial charge is 0.309 e. The van der Waals surface area contributed by atoms with Gasteiger partial charge in [-0.05, 0) is 24.3 Å². The Bertz CT molecular complexity index is 431. The quantitative estimate of drug-likeness (QED) is 0.585. The minimum Gasteiger partial charge on any atom is -0.260 e. The van der Waals surface area contributed by atoms with Crippen LogP contribution in [-0.2, 0) is 0 Å². The molecule has 76 valence electrons. The van der Waals surface area contributed by atoms with E-state index in [0.29, 0.717) is 0 Å². The second kappa shape index (κ2) is 4.27. The highest BCUT2D eigenvalue weighted by Crippen LogP contribution is 2.09. The molecule has 1 heterocycles. The third-order valence-corrected chi connectivity index (χ3v) is 1.70. The van der Waals surface area contributed by atoms with Crippen LogP contribution in [0.15, 0.2) is 34.6 Å². The van der Waals surface area contributed by atoms with Gasteiger partial charge in [-0.1, -0.05) is 33.1 Å². The number of benzene rings is 1. The first-order valence-electron chi connectivity index (χ1n) is 4.31. The smallest absolute Gasteiger partial charge is 0.260 e. The molecule has 0 saturated heterocycles. The van der Waals surface area contributed by atoms with Gasteiger partial charge in [0, 0.05) is 0 Å². The van der Waals surface area contributed by atoms with Crippen LogP contribution in [0.1, 0.15) is 5.56 Å². The fourth-order valence-electron chi connectivity index (χ4n) is 0.954. The first-order valence-corrected chi connectivity index (χ1v) is 4.31. The molecule has 0 fully saturated rings. The zero-order chi connectivity index (χ0) is 10.5. The Labute approximate surface area is 85.6 Å². The lowest BCUT2D eigenvalue weighted by Gasteiger charge is -1.97. The lowest BCUT2D eigenvalue weighted by Crippen LogP contribution is -1.86. The molecule has 2 aromatic rings. The number of hydrogen-bond donors (Lipinski definition) is 2. The van der Waals surface area contributed by atoms with Crippen LogP contribution in [0.5, 0.6) is 0 Å². The van der Waals surface area contributed by atoms with Crippen LogP contribution >= 0.6 is 0 Å². The normalized spacial score (nSPS) is 10.7. The number of aromatic nitrogens is 4. The van der Waals surface area contributed by atoms with Crippen molar-refractivity contribution in [2.75, 3.05) is 5.43 Å². The minimum absolute atomic E-state index is 0.189. The van der Waals surface area contributed by atoms with Crippen molar-refractivity contribution >= 4 is 11.6 Å². The summed E-state index contributed by atoms with van der Waals surface area (Å²) in [4.78, 5) is 0.